The molecule has 0 unspecified atom stereocenters. The first-order valence-corrected chi connectivity index (χ1v) is 5.40. The van der Waals surface area contributed by atoms with E-state index < -0.39 is 9.84 Å². The molecule has 0 aromatic carbocycles. The van der Waals surface area contributed by atoms with E-state index in [1.54, 1.807) is 0 Å². The molecule has 0 bridgehead atoms. The van der Waals surface area contributed by atoms with Gasteiger partial charge in [0.15, 0.2) is 9.84 Å². The van der Waals surface area contributed by atoms with Crippen molar-refractivity contribution in [3.63, 3.8) is 0 Å². The monoisotopic (exact) mass is 238 g/mol. The summed E-state index contributed by atoms with van der Waals surface area (Å²) in [6, 6.07) is 0. The van der Waals surface area contributed by atoms with E-state index in [1.165, 1.54) is 17.6 Å². The van der Waals surface area contributed by atoms with Gasteiger partial charge in [-0.3, -0.25) is 0 Å². The highest BCUT2D eigenvalue weighted by Crippen LogP contribution is 2.33. The largest absolute Gasteiger partial charge is 0.228 e. The van der Waals surface area contributed by atoms with Crippen molar-refractivity contribution in [1.29, 1.82) is 0 Å². The zero-order valence-corrected chi connectivity index (χ0v) is 8.70. The summed E-state index contributed by atoms with van der Waals surface area (Å²) in [6.45, 7) is 0. The minimum absolute atomic E-state index is 0. The highest BCUT2D eigenvalue weighted by atomic mass is 79.9. The van der Waals surface area contributed by atoms with E-state index in [0.717, 1.165) is 12.8 Å². The summed E-state index contributed by atoms with van der Waals surface area (Å²) >= 11 is 0. The van der Waals surface area contributed by atoms with Crippen molar-refractivity contribution in [3.05, 3.63) is 11.1 Å². The van der Waals surface area contributed by atoms with Gasteiger partial charge in [0.25, 0.3) is 0 Å². The second-order valence-corrected chi connectivity index (χ2v) is 5.16. The minimum Gasteiger partial charge on any atom is -0.228 e. The molecule has 0 spiro atoms. The molecule has 2 rings (SSSR count). The fourth-order valence-electron chi connectivity index (χ4n) is 1.80. The molecule has 2 nitrogen and oxygen atoms in total. The lowest BCUT2D eigenvalue weighted by Crippen LogP contribution is -2.04. The third-order valence-electron chi connectivity index (χ3n) is 2.25. The second kappa shape index (κ2) is 2.90. The van der Waals surface area contributed by atoms with E-state index in [1.807, 2.05) is 0 Å². The van der Waals surface area contributed by atoms with Crippen LogP contribution in [0.3, 0.4) is 0 Å². The molecule has 1 heterocycles. The molecule has 1 aliphatic carbocycles. The molecule has 4 heteroatoms. The Bertz CT molecular complexity index is 268. The molecule has 11 heavy (non-hydrogen) atoms. The van der Waals surface area contributed by atoms with Crippen molar-refractivity contribution in [3.8, 4) is 0 Å². The third kappa shape index (κ3) is 1.67. The number of halogens is 1. The van der Waals surface area contributed by atoms with Gasteiger partial charge in [-0.1, -0.05) is 11.1 Å². The molecule has 64 valence electrons. The SMILES string of the molecule is Br.O=S1(=O)CC2=C(CCC2)C1. The first-order chi connectivity index (χ1) is 4.67. The van der Waals surface area contributed by atoms with Crippen LogP contribution in [-0.2, 0) is 9.84 Å². The first-order valence-electron chi connectivity index (χ1n) is 3.57. The predicted octanol–water partition coefficient (Wildman–Crippen LogP) is 1.47. The maximum atomic E-state index is 11.0. The Kier molecular flexibility index (Phi) is 2.44. The molecule has 0 saturated carbocycles. The van der Waals surface area contributed by atoms with Crippen LogP contribution in [0.15, 0.2) is 11.1 Å². The summed E-state index contributed by atoms with van der Waals surface area (Å²) in [7, 11) is -2.68. The molecule has 1 aliphatic heterocycles. The molecule has 0 N–H and O–H groups in total. The summed E-state index contributed by atoms with van der Waals surface area (Å²) in [5, 5.41) is 0. The van der Waals surface area contributed by atoms with Crippen LogP contribution in [0, 0.1) is 0 Å². The van der Waals surface area contributed by atoms with E-state index in [2.05, 4.69) is 0 Å². The van der Waals surface area contributed by atoms with Crippen LogP contribution in [0.1, 0.15) is 19.3 Å². The van der Waals surface area contributed by atoms with Gasteiger partial charge < -0.3 is 0 Å². The highest BCUT2D eigenvalue weighted by Gasteiger charge is 2.29. The van der Waals surface area contributed by atoms with E-state index in [9.17, 15) is 8.42 Å². The van der Waals surface area contributed by atoms with Crippen molar-refractivity contribution in [2.45, 2.75) is 19.3 Å². The molecule has 0 amide bonds. The summed E-state index contributed by atoms with van der Waals surface area (Å²) < 4.78 is 22.0. The van der Waals surface area contributed by atoms with Gasteiger partial charge in [-0.25, -0.2) is 8.42 Å². The first kappa shape index (κ1) is 9.26. The molecular formula is C7H11BrO2S. The van der Waals surface area contributed by atoms with E-state index in [0.29, 0.717) is 11.5 Å². The molecule has 0 aromatic heterocycles. The Labute approximate surface area is 77.4 Å². The molecule has 0 saturated heterocycles. The Morgan fingerprint density at radius 1 is 1.00 bits per heavy atom. The number of hydrogen-bond acceptors (Lipinski definition) is 2. The van der Waals surface area contributed by atoms with E-state index >= 15 is 0 Å². The summed E-state index contributed by atoms with van der Waals surface area (Å²) in [4.78, 5) is 0. The van der Waals surface area contributed by atoms with E-state index in [-0.39, 0.29) is 17.0 Å². The van der Waals surface area contributed by atoms with Gasteiger partial charge >= 0.3 is 0 Å². The Balaban J connectivity index is 0.000000605. The molecule has 0 radical (unpaired) electrons. The quantitative estimate of drug-likeness (QED) is 0.600. The molecule has 2 aliphatic rings. The van der Waals surface area contributed by atoms with Gasteiger partial charge in [0.05, 0.1) is 11.5 Å². The van der Waals surface area contributed by atoms with Crippen molar-refractivity contribution >= 4 is 26.8 Å². The Morgan fingerprint density at radius 3 is 1.91 bits per heavy atom. The fourth-order valence-corrected chi connectivity index (χ4v) is 3.66. The Morgan fingerprint density at radius 2 is 1.45 bits per heavy atom. The van der Waals surface area contributed by atoms with Crippen LogP contribution in [0.5, 0.6) is 0 Å². The van der Waals surface area contributed by atoms with Gasteiger partial charge in [-0.15, -0.1) is 17.0 Å². The van der Waals surface area contributed by atoms with Crippen LogP contribution >= 0.6 is 17.0 Å². The standard InChI is InChI=1S/C7H10O2S.BrH/c8-10(9)4-6-2-1-3-7(6)5-10;/h1-5H2;1H. The topological polar surface area (TPSA) is 34.1 Å². The average Bonchev–Trinajstić information content (AvgIpc) is 2.20. The lowest BCUT2D eigenvalue weighted by atomic mass is 10.2. The van der Waals surface area contributed by atoms with Crippen molar-refractivity contribution < 1.29 is 8.42 Å². The van der Waals surface area contributed by atoms with Crippen molar-refractivity contribution in [1.82, 2.24) is 0 Å². The smallest absolute Gasteiger partial charge is 0.157 e. The summed E-state index contributed by atoms with van der Waals surface area (Å²) in [5.74, 6) is 0.727. The lowest BCUT2D eigenvalue weighted by Gasteiger charge is -1.94. The van der Waals surface area contributed by atoms with Gasteiger partial charge in [-0.05, 0) is 19.3 Å². The van der Waals surface area contributed by atoms with E-state index in [4.69, 9.17) is 0 Å². The lowest BCUT2D eigenvalue weighted by molar-refractivity contribution is 0.601. The van der Waals surface area contributed by atoms with Crippen LogP contribution in [0.4, 0.5) is 0 Å². The Hall–Kier alpha value is 0.170. The molecule has 0 atom stereocenters. The molecule has 0 aromatic rings. The molecule has 0 fully saturated rings. The van der Waals surface area contributed by atoms with Gasteiger partial charge in [0, 0.05) is 0 Å². The van der Waals surface area contributed by atoms with Crippen LogP contribution in [0.2, 0.25) is 0 Å². The van der Waals surface area contributed by atoms with Crippen LogP contribution < -0.4 is 0 Å². The third-order valence-corrected chi connectivity index (χ3v) is 3.82. The predicted molar refractivity (Wildman–Crippen MR) is 49.9 cm³/mol. The van der Waals surface area contributed by atoms with Crippen molar-refractivity contribution in [2.24, 2.45) is 0 Å². The zero-order chi connectivity index (χ0) is 7.19. The average molecular weight is 239 g/mol. The van der Waals surface area contributed by atoms with Crippen LogP contribution in [-0.4, -0.2) is 19.9 Å². The van der Waals surface area contributed by atoms with Crippen molar-refractivity contribution in [2.75, 3.05) is 11.5 Å². The minimum atomic E-state index is -2.68. The zero-order valence-electron chi connectivity index (χ0n) is 6.17. The summed E-state index contributed by atoms with van der Waals surface area (Å²) in [5.41, 5.74) is 2.44. The summed E-state index contributed by atoms with van der Waals surface area (Å²) in [6.07, 6.45) is 3.25. The number of rotatable bonds is 0. The van der Waals surface area contributed by atoms with Gasteiger partial charge in [0.1, 0.15) is 0 Å². The normalized spacial score (nSPS) is 26.5. The molecular weight excluding hydrogens is 228 g/mol. The number of hydrogen-bond donors (Lipinski definition) is 0. The van der Waals surface area contributed by atoms with Gasteiger partial charge in [0.2, 0.25) is 0 Å². The fraction of sp³-hybridized carbons (Fsp3) is 0.714. The second-order valence-electron chi connectivity index (χ2n) is 3.09. The van der Waals surface area contributed by atoms with Crippen LogP contribution in [0.25, 0.3) is 0 Å². The number of sulfone groups is 1. The highest BCUT2D eigenvalue weighted by molar-refractivity contribution is 8.93. The maximum Gasteiger partial charge on any atom is 0.157 e. The maximum absolute atomic E-state index is 11.0. The van der Waals surface area contributed by atoms with Gasteiger partial charge in [-0.2, -0.15) is 0 Å².